The van der Waals surface area contributed by atoms with Crippen molar-refractivity contribution in [3.8, 4) is 0 Å². The van der Waals surface area contributed by atoms with E-state index >= 15 is 0 Å². The van der Waals surface area contributed by atoms with Gasteiger partial charge in [0.2, 0.25) is 0 Å². The average Bonchev–Trinajstić information content (AvgIpc) is 2.15. The van der Waals surface area contributed by atoms with E-state index in [0.29, 0.717) is 11.2 Å². The van der Waals surface area contributed by atoms with Gasteiger partial charge in [0.25, 0.3) is 5.56 Å². The van der Waals surface area contributed by atoms with Gasteiger partial charge in [0.15, 0.2) is 0 Å². The molecular weight excluding hydrogens is 200 g/mol. The van der Waals surface area contributed by atoms with Crippen LogP contribution in [0.2, 0.25) is 0 Å². The van der Waals surface area contributed by atoms with Crippen molar-refractivity contribution in [3.05, 3.63) is 40.7 Å². The molecule has 0 aliphatic heterocycles. The van der Waals surface area contributed by atoms with Gasteiger partial charge in [-0.3, -0.25) is 9.36 Å². The first-order valence-corrected chi connectivity index (χ1v) is 5.32. The molecule has 0 aliphatic rings. The van der Waals surface area contributed by atoms with E-state index in [0.717, 1.165) is 5.39 Å². The lowest BCUT2D eigenvalue weighted by Gasteiger charge is -2.25. The predicted molar refractivity (Wildman–Crippen MR) is 67.6 cm³/mol. The van der Waals surface area contributed by atoms with Gasteiger partial charge >= 0.3 is 0 Å². The van der Waals surface area contributed by atoms with Crippen LogP contribution in [0.1, 0.15) is 20.8 Å². The van der Waals surface area contributed by atoms with Crippen molar-refractivity contribution < 1.29 is 0 Å². The minimum Gasteiger partial charge on any atom is -0.385 e. The monoisotopic (exact) mass is 216 g/mol. The van der Waals surface area contributed by atoms with Gasteiger partial charge in [-0.15, -0.1) is 0 Å². The Hall–Kier alpha value is -1.77. The molecule has 0 unspecified atom stereocenters. The lowest BCUT2D eigenvalue weighted by molar-refractivity contribution is 0.392. The molecule has 1 aromatic carbocycles. The summed E-state index contributed by atoms with van der Waals surface area (Å²) in [6, 6.07) is 9.36. The fourth-order valence-electron chi connectivity index (χ4n) is 1.97. The van der Waals surface area contributed by atoms with Gasteiger partial charge in [-0.25, -0.2) is 0 Å². The Morgan fingerprint density at radius 2 is 1.81 bits per heavy atom. The molecule has 3 heteroatoms. The van der Waals surface area contributed by atoms with Gasteiger partial charge in [-0.2, -0.15) is 0 Å². The number of hydrogen-bond donors (Lipinski definition) is 1. The molecule has 0 saturated carbocycles. The van der Waals surface area contributed by atoms with Crippen LogP contribution in [-0.2, 0) is 5.54 Å². The summed E-state index contributed by atoms with van der Waals surface area (Å²) in [6.07, 6.45) is 0. The second kappa shape index (κ2) is 3.37. The summed E-state index contributed by atoms with van der Waals surface area (Å²) in [5, 5.41) is 1.61. The molecule has 0 amide bonds. The molecule has 0 bridgehead atoms. The molecule has 0 radical (unpaired) electrons. The zero-order valence-corrected chi connectivity index (χ0v) is 9.82. The van der Waals surface area contributed by atoms with E-state index in [1.165, 1.54) is 0 Å². The highest BCUT2D eigenvalue weighted by atomic mass is 16.1. The molecule has 0 atom stereocenters. The summed E-state index contributed by atoms with van der Waals surface area (Å²) < 4.78 is 1.63. The number of nitrogens with zero attached hydrogens (tertiary/aromatic N) is 1. The highest BCUT2D eigenvalue weighted by Gasteiger charge is 2.18. The highest BCUT2D eigenvalue weighted by Crippen LogP contribution is 2.20. The van der Waals surface area contributed by atoms with E-state index in [1.54, 1.807) is 4.57 Å². The van der Waals surface area contributed by atoms with Gasteiger partial charge in [-0.1, -0.05) is 18.2 Å². The summed E-state index contributed by atoms with van der Waals surface area (Å²) in [6.45, 7) is 5.92. The van der Waals surface area contributed by atoms with Crippen LogP contribution >= 0.6 is 0 Å². The second-order valence-electron chi connectivity index (χ2n) is 4.97. The smallest absolute Gasteiger partial charge is 0.260 e. The van der Waals surface area contributed by atoms with Crippen LogP contribution in [0.5, 0.6) is 0 Å². The molecule has 84 valence electrons. The normalized spacial score (nSPS) is 11.9. The third kappa shape index (κ3) is 1.58. The van der Waals surface area contributed by atoms with Crippen molar-refractivity contribution >= 4 is 16.6 Å². The summed E-state index contributed by atoms with van der Waals surface area (Å²) >= 11 is 0. The van der Waals surface area contributed by atoms with Gasteiger partial charge < -0.3 is 5.73 Å². The van der Waals surface area contributed by atoms with Gasteiger partial charge in [0.1, 0.15) is 5.82 Å². The zero-order chi connectivity index (χ0) is 11.9. The zero-order valence-electron chi connectivity index (χ0n) is 9.82. The molecule has 16 heavy (non-hydrogen) atoms. The minimum atomic E-state index is -0.300. The molecular formula is C13H16N2O. The molecule has 0 fully saturated rings. The lowest BCUT2D eigenvalue weighted by atomic mass is 10.1. The molecule has 2 aromatic rings. The number of anilines is 1. The molecule has 1 aromatic heterocycles. The van der Waals surface area contributed by atoms with Crippen LogP contribution in [0.4, 0.5) is 5.82 Å². The Balaban J connectivity index is 2.92. The Kier molecular flexibility index (Phi) is 2.26. The third-order valence-corrected chi connectivity index (χ3v) is 2.63. The standard InChI is InChI=1S/C13H16N2O/c1-13(2,3)15-11(14)8-9-6-4-5-7-10(9)12(15)16/h4-8H,14H2,1-3H3. The van der Waals surface area contributed by atoms with E-state index in [2.05, 4.69) is 0 Å². The number of fused-ring (bicyclic) bond motifs is 1. The van der Waals surface area contributed by atoms with Crippen molar-refractivity contribution in [2.45, 2.75) is 26.3 Å². The van der Waals surface area contributed by atoms with Crippen LogP contribution in [0, 0.1) is 0 Å². The van der Waals surface area contributed by atoms with Crippen LogP contribution in [-0.4, -0.2) is 4.57 Å². The van der Waals surface area contributed by atoms with E-state index < -0.39 is 0 Å². The van der Waals surface area contributed by atoms with Crippen LogP contribution < -0.4 is 11.3 Å². The molecule has 0 saturated heterocycles. The summed E-state index contributed by atoms with van der Waals surface area (Å²) in [7, 11) is 0. The third-order valence-electron chi connectivity index (χ3n) is 2.63. The van der Waals surface area contributed by atoms with Crippen molar-refractivity contribution in [2.24, 2.45) is 0 Å². The molecule has 2 N–H and O–H groups in total. The average molecular weight is 216 g/mol. The number of nitrogen functional groups attached to an aromatic ring is 1. The summed E-state index contributed by atoms with van der Waals surface area (Å²) in [5.74, 6) is 0.510. The van der Waals surface area contributed by atoms with E-state index in [1.807, 2.05) is 51.1 Å². The number of hydrogen-bond acceptors (Lipinski definition) is 2. The van der Waals surface area contributed by atoms with Crippen molar-refractivity contribution in [1.82, 2.24) is 4.57 Å². The maximum absolute atomic E-state index is 12.3. The molecule has 3 nitrogen and oxygen atoms in total. The Labute approximate surface area is 94.5 Å². The van der Waals surface area contributed by atoms with E-state index in [4.69, 9.17) is 5.73 Å². The van der Waals surface area contributed by atoms with Crippen molar-refractivity contribution in [1.29, 1.82) is 0 Å². The topological polar surface area (TPSA) is 48.0 Å². The molecule has 0 spiro atoms. The van der Waals surface area contributed by atoms with Crippen LogP contribution in [0.15, 0.2) is 35.1 Å². The molecule has 2 rings (SSSR count). The first kappa shape index (κ1) is 10.7. The van der Waals surface area contributed by atoms with Crippen molar-refractivity contribution in [3.63, 3.8) is 0 Å². The maximum atomic E-state index is 12.3. The first-order chi connectivity index (χ1) is 7.41. The van der Waals surface area contributed by atoms with Crippen LogP contribution in [0.3, 0.4) is 0 Å². The predicted octanol–water partition coefficient (Wildman–Crippen LogP) is 2.34. The van der Waals surface area contributed by atoms with E-state index in [-0.39, 0.29) is 11.1 Å². The van der Waals surface area contributed by atoms with Gasteiger partial charge in [-0.05, 0) is 38.3 Å². The number of nitrogens with two attached hydrogens (primary N) is 1. The minimum absolute atomic E-state index is 0.0249. The van der Waals surface area contributed by atoms with Crippen molar-refractivity contribution in [2.75, 3.05) is 5.73 Å². The van der Waals surface area contributed by atoms with E-state index in [9.17, 15) is 4.79 Å². The fourth-order valence-corrected chi connectivity index (χ4v) is 1.97. The SMILES string of the molecule is CC(C)(C)n1c(N)cc2ccccc2c1=O. The number of benzene rings is 1. The van der Waals surface area contributed by atoms with Gasteiger partial charge in [0, 0.05) is 10.9 Å². The number of aromatic nitrogens is 1. The number of pyridine rings is 1. The Bertz CT molecular complexity index is 591. The Morgan fingerprint density at radius 1 is 1.19 bits per heavy atom. The summed E-state index contributed by atoms with van der Waals surface area (Å²) in [5.41, 5.74) is 5.61. The number of rotatable bonds is 0. The maximum Gasteiger partial charge on any atom is 0.260 e. The second-order valence-corrected chi connectivity index (χ2v) is 4.97. The van der Waals surface area contributed by atoms with Gasteiger partial charge in [0.05, 0.1) is 0 Å². The summed E-state index contributed by atoms with van der Waals surface area (Å²) in [4.78, 5) is 12.3. The molecule has 1 heterocycles. The van der Waals surface area contributed by atoms with Crippen LogP contribution in [0.25, 0.3) is 10.8 Å². The molecule has 0 aliphatic carbocycles. The highest BCUT2D eigenvalue weighted by molar-refractivity contribution is 5.83. The quantitative estimate of drug-likeness (QED) is 0.734. The largest absolute Gasteiger partial charge is 0.385 e. The Morgan fingerprint density at radius 3 is 2.44 bits per heavy atom. The fraction of sp³-hybridized carbons (Fsp3) is 0.308. The lowest BCUT2D eigenvalue weighted by Crippen LogP contribution is -2.35. The first-order valence-electron chi connectivity index (χ1n) is 5.32.